The Morgan fingerprint density at radius 1 is 1.35 bits per heavy atom. The van der Waals surface area contributed by atoms with Crippen LogP contribution in [-0.2, 0) is 11.3 Å². The highest BCUT2D eigenvalue weighted by molar-refractivity contribution is 4.99. The van der Waals surface area contributed by atoms with Crippen LogP contribution in [0.1, 0.15) is 64.1 Å². The molecule has 0 amide bonds. The maximum Gasteiger partial charge on any atom is 0.0951 e. The highest BCUT2D eigenvalue weighted by Crippen LogP contribution is 2.20. The van der Waals surface area contributed by atoms with Crippen molar-refractivity contribution in [3.63, 3.8) is 0 Å². The fraction of sp³-hybridized carbons (Fsp3) is 0.812. The second-order valence-electron chi connectivity index (χ2n) is 6.05. The molecular weight excluding hydrogens is 250 g/mol. The van der Waals surface area contributed by atoms with Gasteiger partial charge in [0.1, 0.15) is 0 Å². The predicted octanol–water partition coefficient (Wildman–Crippen LogP) is 3.29. The summed E-state index contributed by atoms with van der Waals surface area (Å²) in [4.78, 5) is 4.22. The fourth-order valence-electron chi connectivity index (χ4n) is 2.83. The van der Waals surface area contributed by atoms with Gasteiger partial charge in [-0.05, 0) is 39.7 Å². The second kappa shape index (κ2) is 8.42. The van der Waals surface area contributed by atoms with Gasteiger partial charge in [-0.3, -0.25) is 0 Å². The smallest absolute Gasteiger partial charge is 0.0951 e. The molecule has 0 radical (unpaired) electrons. The molecule has 1 aromatic heterocycles. The largest absolute Gasteiger partial charge is 0.378 e. The van der Waals surface area contributed by atoms with Crippen molar-refractivity contribution in [3.05, 3.63) is 18.2 Å². The van der Waals surface area contributed by atoms with Crippen molar-refractivity contribution >= 4 is 0 Å². The molecule has 20 heavy (non-hydrogen) atoms. The minimum absolute atomic E-state index is 0.476. The van der Waals surface area contributed by atoms with Crippen molar-refractivity contribution in [3.8, 4) is 0 Å². The number of rotatable bonds is 8. The van der Waals surface area contributed by atoms with E-state index in [1.165, 1.54) is 37.8 Å². The topological polar surface area (TPSA) is 39.1 Å². The van der Waals surface area contributed by atoms with E-state index in [0.717, 1.165) is 26.1 Å². The van der Waals surface area contributed by atoms with Crippen LogP contribution in [0.4, 0.5) is 0 Å². The van der Waals surface area contributed by atoms with Gasteiger partial charge in [0, 0.05) is 25.4 Å². The highest BCUT2D eigenvalue weighted by atomic mass is 16.5. The monoisotopic (exact) mass is 279 g/mol. The molecule has 1 heterocycles. The molecule has 1 aromatic rings. The van der Waals surface area contributed by atoms with Crippen molar-refractivity contribution in [2.24, 2.45) is 0 Å². The van der Waals surface area contributed by atoms with Crippen LogP contribution in [0.2, 0.25) is 0 Å². The van der Waals surface area contributed by atoms with Crippen LogP contribution < -0.4 is 5.32 Å². The molecule has 4 heteroatoms. The molecular formula is C16H29N3O. The van der Waals surface area contributed by atoms with Gasteiger partial charge < -0.3 is 14.6 Å². The first-order chi connectivity index (χ1) is 9.77. The summed E-state index contributed by atoms with van der Waals surface area (Å²) in [5.41, 5.74) is 1.26. The first-order valence-corrected chi connectivity index (χ1v) is 8.10. The normalized spacial score (nSPS) is 16.9. The van der Waals surface area contributed by atoms with Gasteiger partial charge in [-0.1, -0.05) is 19.3 Å². The number of hydrogen-bond acceptors (Lipinski definition) is 3. The Labute approximate surface area is 122 Å². The Morgan fingerprint density at radius 3 is 2.90 bits per heavy atom. The first-order valence-electron chi connectivity index (χ1n) is 8.10. The quantitative estimate of drug-likeness (QED) is 0.742. The Balaban J connectivity index is 1.54. The van der Waals surface area contributed by atoms with Crippen LogP contribution >= 0.6 is 0 Å². The van der Waals surface area contributed by atoms with E-state index in [1.54, 1.807) is 0 Å². The summed E-state index contributed by atoms with van der Waals surface area (Å²) >= 11 is 0. The summed E-state index contributed by atoms with van der Waals surface area (Å²) in [5.74, 6) is 0. The van der Waals surface area contributed by atoms with Crippen LogP contribution in [-0.4, -0.2) is 28.8 Å². The molecule has 1 aliphatic rings. The van der Waals surface area contributed by atoms with E-state index in [-0.39, 0.29) is 0 Å². The zero-order valence-corrected chi connectivity index (χ0v) is 13.0. The first kappa shape index (κ1) is 15.5. The van der Waals surface area contributed by atoms with E-state index in [1.807, 2.05) is 12.5 Å². The Kier molecular flexibility index (Phi) is 6.54. The number of nitrogens with zero attached hydrogens (tertiary/aromatic N) is 2. The van der Waals surface area contributed by atoms with Gasteiger partial charge in [0.05, 0.1) is 18.1 Å². The summed E-state index contributed by atoms with van der Waals surface area (Å²) in [6.45, 7) is 7.16. The Hall–Kier alpha value is -0.870. The SMILES string of the molecule is CC(C)n1cncc1CNCCCOC1CCCCC1. The van der Waals surface area contributed by atoms with E-state index in [9.17, 15) is 0 Å². The molecule has 114 valence electrons. The summed E-state index contributed by atoms with van der Waals surface area (Å²) in [5, 5.41) is 3.48. The number of nitrogens with one attached hydrogen (secondary N) is 1. The Bertz CT molecular complexity index is 370. The average Bonchev–Trinajstić information content (AvgIpc) is 2.92. The Morgan fingerprint density at radius 2 is 2.15 bits per heavy atom. The summed E-state index contributed by atoms with van der Waals surface area (Å²) in [6, 6.07) is 0.476. The molecule has 0 unspecified atom stereocenters. The van der Waals surface area contributed by atoms with Gasteiger partial charge in [0.15, 0.2) is 0 Å². The molecule has 0 spiro atoms. The van der Waals surface area contributed by atoms with Crippen molar-refractivity contribution in [1.82, 2.24) is 14.9 Å². The zero-order chi connectivity index (χ0) is 14.2. The van der Waals surface area contributed by atoms with Gasteiger partial charge in [-0.2, -0.15) is 0 Å². The molecule has 1 fully saturated rings. The average molecular weight is 279 g/mol. The molecule has 4 nitrogen and oxygen atoms in total. The van der Waals surface area contributed by atoms with Crippen LogP contribution in [0.25, 0.3) is 0 Å². The van der Waals surface area contributed by atoms with E-state index in [4.69, 9.17) is 4.74 Å². The zero-order valence-electron chi connectivity index (χ0n) is 13.0. The summed E-state index contributed by atoms with van der Waals surface area (Å²) in [6.07, 6.45) is 12.1. The van der Waals surface area contributed by atoms with Crippen LogP contribution in [0.3, 0.4) is 0 Å². The standard InChI is InChI=1S/C16H29N3O/c1-14(2)19-13-18-12-15(19)11-17-9-6-10-20-16-7-4-3-5-8-16/h12-14,16-17H,3-11H2,1-2H3. The lowest BCUT2D eigenvalue weighted by molar-refractivity contribution is 0.0273. The third kappa shape index (κ3) is 4.91. The molecule has 1 saturated carbocycles. The van der Waals surface area contributed by atoms with Crippen molar-refractivity contribution in [2.75, 3.05) is 13.2 Å². The number of hydrogen-bond donors (Lipinski definition) is 1. The third-order valence-corrected chi connectivity index (χ3v) is 4.01. The fourth-order valence-corrected chi connectivity index (χ4v) is 2.83. The number of ether oxygens (including phenoxy) is 1. The van der Waals surface area contributed by atoms with Gasteiger partial charge >= 0.3 is 0 Å². The second-order valence-corrected chi connectivity index (χ2v) is 6.05. The minimum Gasteiger partial charge on any atom is -0.378 e. The van der Waals surface area contributed by atoms with E-state index >= 15 is 0 Å². The van der Waals surface area contributed by atoms with Crippen molar-refractivity contribution < 1.29 is 4.74 Å². The molecule has 1 aliphatic carbocycles. The van der Waals surface area contributed by atoms with E-state index in [2.05, 4.69) is 28.7 Å². The van der Waals surface area contributed by atoms with Crippen molar-refractivity contribution in [1.29, 1.82) is 0 Å². The maximum atomic E-state index is 5.92. The molecule has 0 atom stereocenters. The van der Waals surface area contributed by atoms with Crippen LogP contribution in [0.15, 0.2) is 12.5 Å². The molecule has 2 rings (SSSR count). The summed E-state index contributed by atoms with van der Waals surface area (Å²) in [7, 11) is 0. The lowest BCUT2D eigenvalue weighted by Crippen LogP contribution is -2.21. The molecule has 0 aliphatic heterocycles. The number of imidazole rings is 1. The predicted molar refractivity (Wildman–Crippen MR) is 81.8 cm³/mol. The molecule has 1 N–H and O–H groups in total. The summed E-state index contributed by atoms with van der Waals surface area (Å²) < 4.78 is 8.14. The highest BCUT2D eigenvalue weighted by Gasteiger charge is 2.12. The van der Waals surface area contributed by atoms with Gasteiger partial charge in [0.25, 0.3) is 0 Å². The molecule has 0 bridgehead atoms. The molecule has 0 saturated heterocycles. The van der Waals surface area contributed by atoms with Gasteiger partial charge in [-0.15, -0.1) is 0 Å². The van der Waals surface area contributed by atoms with E-state index in [0.29, 0.717) is 12.1 Å². The lowest BCUT2D eigenvalue weighted by atomic mass is 9.98. The van der Waals surface area contributed by atoms with Gasteiger partial charge in [0.2, 0.25) is 0 Å². The maximum absolute atomic E-state index is 5.92. The van der Waals surface area contributed by atoms with Crippen LogP contribution in [0.5, 0.6) is 0 Å². The minimum atomic E-state index is 0.476. The molecule has 0 aromatic carbocycles. The van der Waals surface area contributed by atoms with Crippen molar-refractivity contribution in [2.45, 2.75) is 71.1 Å². The van der Waals surface area contributed by atoms with Gasteiger partial charge in [-0.25, -0.2) is 4.98 Å². The van der Waals surface area contributed by atoms with Crippen LogP contribution in [0, 0.1) is 0 Å². The third-order valence-electron chi connectivity index (χ3n) is 4.01. The number of aromatic nitrogens is 2. The van der Waals surface area contributed by atoms with E-state index < -0.39 is 0 Å². The lowest BCUT2D eigenvalue weighted by Gasteiger charge is -2.22.